The van der Waals surface area contributed by atoms with Crippen LogP contribution in [0.3, 0.4) is 0 Å². The Morgan fingerprint density at radius 1 is 1.07 bits per heavy atom. The van der Waals surface area contributed by atoms with Gasteiger partial charge in [0.05, 0.1) is 6.20 Å². The number of fused-ring (bicyclic) bond motifs is 5. The highest BCUT2D eigenvalue weighted by atomic mass is 35.5. The topological polar surface area (TPSA) is 105 Å². The number of ether oxygens (including phenoxy) is 2. The lowest BCUT2D eigenvalue weighted by molar-refractivity contribution is -0.125. The molecule has 8 nitrogen and oxygen atoms in total. The van der Waals surface area contributed by atoms with Crippen molar-refractivity contribution in [2.24, 2.45) is 0 Å². The summed E-state index contributed by atoms with van der Waals surface area (Å²) in [6, 6.07) is 11.0. The van der Waals surface area contributed by atoms with E-state index in [-0.39, 0.29) is 18.2 Å². The number of amides is 2. The van der Waals surface area contributed by atoms with Gasteiger partial charge in [-0.3, -0.25) is 14.7 Å². The monoisotopic (exact) mass is 422 g/mol. The molecule has 0 saturated carbocycles. The number of aromatic nitrogens is 2. The maximum absolute atomic E-state index is 13.1. The number of aromatic amines is 1. The third kappa shape index (κ3) is 2.37. The standard InChI is InChI=1S/C21H15ClN4O4/c22-11-3-1-10(2-4-11)5-18-29-15-6-12-14(7-16(15)30-18)24-20(28)21(12)8-17(27)25-19-13(21)9-23-26-19/h1-4,6-7,9,18H,5,8H2,(H,24,28)(H2,23,25,26,27). The number of anilines is 2. The Bertz CT molecular complexity index is 1220. The molecule has 0 bridgehead atoms. The molecule has 1 spiro atoms. The molecule has 0 fully saturated rings. The fourth-order valence-electron chi connectivity index (χ4n) is 4.42. The molecule has 9 heteroatoms. The number of benzene rings is 2. The van der Waals surface area contributed by atoms with Crippen LogP contribution >= 0.6 is 11.6 Å². The highest BCUT2D eigenvalue weighted by Gasteiger charge is 2.54. The minimum atomic E-state index is -1.15. The van der Waals surface area contributed by atoms with Gasteiger partial charge in [0, 0.05) is 40.7 Å². The Kier molecular flexibility index (Phi) is 3.47. The SMILES string of the molecule is O=C1CC2(C(=O)Nc3cc4c(cc32)OC(Cc2ccc(Cl)cc2)O4)c2cn[nH]c2N1. The normalized spacial score (nSPS) is 23.2. The van der Waals surface area contributed by atoms with Crippen LogP contribution in [0.1, 0.15) is 23.1 Å². The first-order valence-electron chi connectivity index (χ1n) is 9.44. The van der Waals surface area contributed by atoms with E-state index in [1.165, 1.54) is 0 Å². The zero-order chi connectivity index (χ0) is 20.5. The lowest BCUT2D eigenvalue weighted by atomic mass is 9.72. The van der Waals surface area contributed by atoms with Crippen molar-refractivity contribution < 1.29 is 19.1 Å². The maximum Gasteiger partial charge on any atom is 0.245 e. The minimum absolute atomic E-state index is 0.00772. The third-order valence-electron chi connectivity index (χ3n) is 5.80. The highest BCUT2D eigenvalue weighted by molar-refractivity contribution is 6.30. The van der Waals surface area contributed by atoms with Gasteiger partial charge >= 0.3 is 0 Å². The van der Waals surface area contributed by atoms with Crippen molar-refractivity contribution in [2.45, 2.75) is 24.5 Å². The quantitative estimate of drug-likeness (QED) is 0.588. The molecule has 150 valence electrons. The first kappa shape index (κ1) is 17.3. The van der Waals surface area contributed by atoms with E-state index in [4.69, 9.17) is 21.1 Å². The van der Waals surface area contributed by atoms with E-state index >= 15 is 0 Å². The second-order valence-electron chi connectivity index (χ2n) is 7.58. The van der Waals surface area contributed by atoms with Gasteiger partial charge in [-0.15, -0.1) is 0 Å². The second kappa shape index (κ2) is 5.99. The average Bonchev–Trinajstić information content (AvgIpc) is 3.39. The van der Waals surface area contributed by atoms with Gasteiger partial charge in [0.25, 0.3) is 0 Å². The molecule has 0 radical (unpaired) electrons. The Morgan fingerprint density at radius 3 is 2.63 bits per heavy atom. The number of rotatable bonds is 2. The van der Waals surface area contributed by atoms with Crippen LogP contribution in [0.2, 0.25) is 5.02 Å². The van der Waals surface area contributed by atoms with Crippen LogP contribution in [0.15, 0.2) is 42.6 Å². The third-order valence-corrected chi connectivity index (χ3v) is 6.05. The van der Waals surface area contributed by atoms with Gasteiger partial charge in [0.15, 0.2) is 11.5 Å². The van der Waals surface area contributed by atoms with E-state index in [2.05, 4.69) is 20.8 Å². The van der Waals surface area contributed by atoms with Gasteiger partial charge < -0.3 is 20.1 Å². The van der Waals surface area contributed by atoms with E-state index in [0.29, 0.717) is 45.6 Å². The Morgan fingerprint density at radius 2 is 1.83 bits per heavy atom. The van der Waals surface area contributed by atoms with E-state index in [9.17, 15) is 9.59 Å². The number of nitrogens with zero attached hydrogens (tertiary/aromatic N) is 1. The number of nitrogens with one attached hydrogen (secondary N) is 3. The Hall–Kier alpha value is -3.52. The average molecular weight is 423 g/mol. The van der Waals surface area contributed by atoms with E-state index in [0.717, 1.165) is 5.56 Å². The van der Waals surface area contributed by atoms with Crippen LogP contribution in [-0.4, -0.2) is 28.3 Å². The smallest absolute Gasteiger partial charge is 0.245 e. The van der Waals surface area contributed by atoms with Gasteiger partial charge in [0.2, 0.25) is 18.1 Å². The predicted molar refractivity (Wildman–Crippen MR) is 108 cm³/mol. The molecular formula is C21H15ClN4O4. The first-order chi connectivity index (χ1) is 14.5. The molecule has 3 aliphatic heterocycles. The first-order valence-corrected chi connectivity index (χ1v) is 9.82. The van der Waals surface area contributed by atoms with Gasteiger partial charge in [-0.05, 0) is 23.8 Å². The van der Waals surface area contributed by atoms with Crippen molar-refractivity contribution in [3.05, 3.63) is 64.3 Å². The summed E-state index contributed by atoms with van der Waals surface area (Å²) >= 11 is 5.95. The molecule has 2 aromatic carbocycles. The molecule has 1 aromatic heterocycles. The molecule has 2 amide bonds. The van der Waals surface area contributed by atoms with Gasteiger partial charge in [0.1, 0.15) is 11.2 Å². The van der Waals surface area contributed by atoms with Crippen LogP contribution in [0.5, 0.6) is 11.5 Å². The summed E-state index contributed by atoms with van der Waals surface area (Å²) in [7, 11) is 0. The van der Waals surface area contributed by atoms with Crippen LogP contribution in [0.4, 0.5) is 11.5 Å². The minimum Gasteiger partial charge on any atom is -0.451 e. The van der Waals surface area contributed by atoms with Crippen LogP contribution < -0.4 is 20.1 Å². The lowest BCUT2D eigenvalue weighted by Crippen LogP contribution is -2.43. The van der Waals surface area contributed by atoms with Gasteiger partial charge in [-0.25, -0.2) is 0 Å². The summed E-state index contributed by atoms with van der Waals surface area (Å²) in [5.41, 5.74) is 1.81. The molecule has 2 atom stereocenters. The summed E-state index contributed by atoms with van der Waals surface area (Å²) < 4.78 is 12.0. The van der Waals surface area contributed by atoms with E-state index in [1.54, 1.807) is 18.3 Å². The number of carbonyl (C=O) groups excluding carboxylic acids is 2. The molecule has 3 aliphatic rings. The molecule has 0 aliphatic carbocycles. The number of halogens is 1. The zero-order valence-electron chi connectivity index (χ0n) is 15.5. The number of hydrogen-bond acceptors (Lipinski definition) is 5. The maximum atomic E-state index is 13.1. The number of H-pyrrole nitrogens is 1. The van der Waals surface area contributed by atoms with E-state index < -0.39 is 11.7 Å². The van der Waals surface area contributed by atoms with E-state index in [1.807, 2.05) is 24.3 Å². The summed E-state index contributed by atoms with van der Waals surface area (Å²) in [6.45, 7) is 0. The van der Waals surface area contributed by atoms with Crippen molar-refractivity contribution >= 4 is 34.9 Å². The molecule has 6 rings (SSSR count). The molecule has 2 unspecified atom stereocenters. The van der Waals surface area contributed by atoms with Crippen LogP contribution in [-0.2, 0) is 21.4 Å². The predicted octanol–water partition coefficient (Wildman–Crippen LogP) is 2.98. The van der Waals surface area contributed by atoms with Gasteiger partial charge in [-0.1, -0.05) is 23.7 Å². The number of carbonyl (C=O) groups is 2. The fraction of sp³-hybridized carbons (Fsp3) is 0.190. The van der Waals surface area contributed by atoms with Crippen molar-refractivity contribution in [2.75, 3.05) is 10.6 Å². The second-order valence-corrected chi connectivity index (χ2v) is 8.02. The van der Waals surface area contributed by atoms with Crippen molar-refractivity contribution in [3.63, 3.8) is 0 Å². The molecule has 3 aromatic rings. The summed E-state index contributed by atoms with van der Waals surface area (Å²) in [6.07, 6.45) is 1.63. The molecule has 30 heavy (non-hydrogen) atoms. The van der Waals surface area contributed by atoms with Crippen molar-refractivity contribution in [3.8, 4) is 11.5 Å². The summed E-state index contributed by atoms with van der Waals surface area (Å²) in [5, 5.41) is 13.1. The van der Waals surface area contributed by atoms with Crippen LogP contribution in [0, 0.1) is 0 Å². The largest absolute Gasteiger partial charge is 0.451 e. The van der Waals surface area contributed by atoms with Gasteiger partial charge in [-0.2, -0.15) is 5.10 Å². The molecule has 0 saturated heterocycles. The van der Waals surface area contributed by atoms with Crippen molar-refractivity contribution in [1.82, 2.24) is 10.2 Å². The molecular weight excluding hydrogens is 408 g/mol. The summed E-state index contributed by atoms with van der Waals surface area (Å²) in [5.74, 6) is 1.01. The molecule has 4 heterocycles. The van der Waals surface area contributed by atoms with Crippen molar-refractivity contribution in [1.29, 1.82) is 0 Å². The van der Waals surface area contributed by atoms with Crippen LogP contribution in [0.25, 0.3) is 0 Å². The lowest BCUT2D eigenvalue weighted by Gasteiger charge is -2.30. The number of hydrogen-bond donors (Lipinski definition) is 3. The zero-order valence-corrected chi connectivity index (χ0v) is 16.2. The molecule has 3 N–H and O–H groups in total. The fourth-order valence-corrected chi connectivity index (χ4v) is 4.55. The highest BCUT2D eigenvalue weighted by Crippen LogP contribution is 2.53. The Balaban J connectivity index is 1.37. The Labute approximate surface area is 175 Å². The summed E-state index contributed by atoms with van der Waals surface area (Å²) in [4.78, 5) is 25.4.